The van der Waals surface area contributed by atoms with Gasteiger partial charge in [-0.2, -0.15) is 0 Å². The maximum Gasteiger partial charge on any atom is 0.126 e. The second-order valence-electron chi connectivity index (χ2n) is 6.64. The lowest BCUT2D eigenvalue weighted by Crippen LogP contribution is -2.44. The molecule has 1 saturated heterocycles. The molecule has 2 heterocycles. The van der Waals surface area contributed by atoms with E-state index in [2.05, 4.69) is 27.8 Å². The van der Waals surface area contributed by atoms with Crippen molar-refractivity contribution in [3.8, 4) is 5.75 Å². The fourth-order valence-corrected chi connectivity index (χ4v) is 4.31. The number of ether oxygens (including phenoxy) is 1. The summed E-state index contributed by atoms with van der Waals surface area (Å²) in [5.74, 6) is 0.858. The quantitative estimate of drug-likeness (QED) is 0.853. The second-order valence-corrected chi connectivity index (χ2v) is 7.56. The number of rotatable bonds is 1. The van der Waals surface area contributed by atoms with Crippen molar-refractivity contribution in [3.63, 3.8) is 0 Å². The summed E-state index contributed by atoms with van der Waals surface area (Å²) in [6.07, 6.45) is 3.97. The number of likely N-dealkylation sites (tertiary alicyclic amines) is 1. The molecule has 1 saturated carbocycles. The first-order valence-corrected chi connectivity index (χ1v) is 8.28. The summed E-state index contributed by atoms with van der Waals surface area (Å²) < 4.78 is 7.36. The molecule has 0 amide bonds. The summed E-state index contributed by atoms with van der Waals surface area (Å²) in [4.78, 5) is 2.58. The van der Waals surface area contributed by atoms with Crippen LogP contribution in [0.15, 0.2) is 22.7 Å². The number of fused-ring (bicyclic) bond motifs is 1. The monoisotopic (exact) mass is 337 g/mol. The van der Waals surface area contributed by atoms with Crippen LogP contribution < -0.4 is 4.74 Å². The average molecular weight is 338 g/mol. The highest BCUT2D eigenvalue weighted by molar-refractivity contribution is 9.10. The van der Waals surface area contributed by atoms with Gasteiger partial charge in [-0.05, 0) is 38.0 Å². The maximum atomic E-state index is 10.5. The van der Waals surface area contributed by atoms with Gasteiger partial charge < -0.3 is 9.84 Å². The number of aliphatic hydroxyl groups excluding tert-OH is 1. The zero-order chi connectivity index (χ0) is 13.9. The Morgan fingerprint density at radius 3 is 2.90 bits per heavy atom. The minimum Gasteiger partial charge on any atom is -0.485 e. The zero-order valence-electron chi connectivity index (χ0n) is 11.7. The molecule has 1 aromatic carbocycles. The SMILES string of the molecule is CC1CC2(CC(O)c3cc(Br)ccc3O2)CN1C1CC1. The molecular weight excluding hydrogens is 318 g/mol. The lowest BCUT2D eigenvalue weighted by molar-refractivity contribution is -0.00778. The van der Waals surface area contributed by atoms with Gasteiger partial charge in [0.1, 0.15) is 11.4 Å². The summed E-state index contributed by atoms with van der Waals surface area (Å²) in [5, 5.41) is 10.5. The standard InChI is InChI=1S/C16H20BrNO2/c1-10-7-16(9-18(10)12-3-4-12)8-14(19)13-6-11(17)2-5-15(13)20-16/h2,5-6,10,12,14,19H,3-4,7-9H2,1H3. The van der Waals surface area contributed by atoms with Crippen molar-refractivity contribution in [2.45, 2.75) is 56.4 Å². The van der Waals surface area contributed by atoms with Crippen molar-refractivity contribution in [1.82, 2.24) is 4.90 Å². The largest absolute Gasteiger partial charge is 0.485 e. The molecule has 108 valence electrons. The summed E-state index contributed by atoms with van der Waals surface area (Å²) in [7, 11) is 0. The Kier molecular flexibility index (Phi) is 2.92. The van der Waals surface area contributed by atoms with E-state index in [0.717, 1.165) is 34.8 Å². The average Bonchev–Trinajstić information content (AvgIpc) is 3.17. The van der Waals surface area contributed by atoms with E-state index >= 15 is 0 Å². The molecule has 2 aliphatic heterocycles. The number of nitrogens with zero attached hydrogens (tertiary/aromatic N) is 1. The van der Waals surface area contributed by atoms with E-state index in [1.165, 1.54) is 12.8 Å². The van der Waals surface area contributed by atoms with E-state index in [1.807, 2.05) is 18.2 Å². The lowest BCUT2D eigenvalue weighted by atomic mass is 9.87. The summed E-state index contributed by atoms with van der Waals surface area (Å²) in [6, 6.07) is 7.27. The van der Waals surface area contributed by atoms with E-state index < -0.39 is 6.10 Å². The highest BCUT2D eigenvalue weighted by Gasteiger charge is 2.51. The molecule has 4 heteroatoms. The Balaban J connectivity index is 1.64. The van der Waals surface area contributed by atoms with Crippen LogP contribution in [0, 0.1) is 0 Å². The Labute approximate surface area is 128 Å². The Hall–Kier alpha value is -0.580. The number of halogens is 1. The Morgan fingerprint density at radius 2 is 2.15 bits per heavy atom. The Bertz CT molecular complexity index is 545. The fourth-order valence-electron chi connectivity index (χ4n) is 3.94. The smallest absolute Gasteiger partial charge is 0.126 e. The van der Waals surface area contributed by atoms with Gasteiger partial charge in [0.05, 0.1) is 6.10 Å². The third kappa shape index (κ3) is 2.09. The molecule has 2 fully saturated rings. The third-order valence-electron chi connectivity index (χ3n) is 4.94. The number of benzene rings is 1. The minimum absolute atomic E-state index is 0.192. The first kappa shape index (κ1) is 13.1. The number of hydrogen-bond donors (Lipinski definition) is 1. The van der Waals surface area contributed by atoms with Crippen LogP contribution in [0.3, 0.4) is 0 Å². The normalized spacial score (nSPS) is 37.0. The van der Waals surface area contributed by atoms with Crippen LogP contribution in [-0.4, -0.2) is 34.2 Å². The van der Waals surface area contributed by atoms with Crippen LogP contribution in [0.25, 0.3) is 0 Å². The van der Waals surface area contributed by atoms with Crippen LogP contribution in [-0.2, 0) is 0 Å². The molecular formula is C16H20BrNO2. The summed E-state index contributed by atoms with van der Waals surface area (Å²) in [5.41, 5.74) is 0.727. The van der Waals surface area contributed by atoms with Gasteiger partial charge in [0.15, 0.2) is 0 Å². The van der Waals surface area contributed by atoms with Crippen molar-refractivity contribution < 1.29 is 9.84 Å². The van der Waals surface area contributed by atoms with Crippen molar-refractivity contribution >= 4 is 15.9 Å². The van der Waals surface area contributed by atoms with Crippen LogP contribution >= 0.6 is 15.9 Å². The first-order valence-electron chi connectivity index (χ1n) is 7.49. The molecule has 3 aliphatic rings. The molecule has 3 unspecified atom stereocenters. The first-order chi connectivity index (χ1) is 9.56. The predicted molar refractivity (Wildman–Crippen MR) is 80.9 cm³/mol. The zero-order valence-corrected chi connectivity index (χ0v) is 13.3. The second kappa shape index (κ2) is 4.46. The van der Waals surface area contributed by atoms with Gasteiger partial charge in [0, 0.05) is 41.5 Å². The molecule has 1 aromatic rings. The Morgan fingerprint density at radius 1 is 1.35 bits per heavy atom. The third-order valence-corrected chi connectivity index (χ3v) is 5.44. The molecule has 1 aliphatic carbocycles. The molecule has 1 spiro atoms. The van der Waals surface area contributed by atoms with Gasteiger partial charge in [-0.3, -0.25) is 4.90 Å². The van der Waals surface area contributed by atoms with Gasteiger partial charge in [0.2, 0.25) is 0 Å². The predicted octanol–water partition coefficient (Wildman–Crippen LogP) is 3.26. The van der Waals surface area contributed by atoms with Crippen molar-refractivity contribution in [2.24, 2.45) is 0 Å². The topological polar surface area (TPSA) is 32.7 Å². The van der Waals surface area contributed by atoms with Crippen LogP contribution in [0.5, 0.6) is 5.75 Å². The van der Waals surface area contributed by atoms with E-state index in [1.54, 1.807) is 0 Å². The highest BCUT2D eigenvalue weighted by atomic mass is 79.9. The maximum absolute atomic E-state index is 10.5. The molecule has 3 atom stereocenters. The van der Waals surface area contributed by atoms with Gasteiger partial charge in [-0.1, -0.05) is 15.9 Å². The van der Waals surface area contributed by atoms with E-state index in [0.29, 0.717) is 12.5 Å². The van der Waals surface area contributed by atoms with Crippen molar-refractivity contribution in [1.29, 1.82) is 0 Å². The van der Waals surface area contributed by atoms with Crippen molar-refractivity contribution in [2.75, 3.05) is 6.54 Å². The number of hydrogen-bond acceptors (Lipinski definition) is 3. The lowest BCUT2D eigenvalue weighted by Gasteiger charge is -2.38. The summed E-state index contributed by atoms with van der Waals surface area (Å²) >= 11 is 3.46. The van der Waals surface area contributed by atoms with Gasteiger partial charge in [0.25, 0.3) is 0 Å². The fraction of sp³-hybridized carbons (Fsp3) is 0.625. The molecule has 0 radical (unpaired) electrons. The van der Waals surface area contributed by atoms with E-state index in [4.69, 9.17) is 4.74 Å². The van der Waals surface area contributed by atoms with Gasteiger partial charge in [-0.25, -0.2) is 0 Å². The van der Waals surface area contributed by atoms with Gasteiger partial charge >= 0.3 is 0 Å². The van der Waals surface area contributed by atoms with Crippen LogP contribution in [0.1, 0.15) is 44.3 Å². The van der Waals surface area contributed by atoms with Crippen molar-refractivity contribution in [3.05, 3.63) is 28.2 Å². The molecule has 0 aromatic heterocycles. The van der Waals surface area contributed by atoms with Crippen LogP contribution in [0.2, 0.25) is 0 Å². The number of aliphatic hydroxyl groups is 1. The highest BCUT2D eigenvalue weighted by Crippen LogP contribution is 2.48. The molecule has 20 heavy (non-hydrogen) atoms. The molecule has 1 N–H and O–H groups in total. The molecule has 3 nitrogen and oxygen atoms in total. The van der Waals surface area contributed by atoms with E-state index in [9.17, 15) is 5.11 Å². The van der Waals surface area contributed by atoms with Gasteiger partial charge in [-0.15, -0.1) is 0 Å². The minimum atomic E-state index is -0.414. The molecule has 0 bridgehead atoms. The van der Waals surface area contributed by atoms with E-state index in [-0.39, 0.29) is 5.60 Å². The molecule has 4 rings (SSSR count). The summed E-state index contributed by atoms with van der Waals surface area (Å²) in [6.45, 7) is 3.26. The van der Waals surface area contributed by atoms with Crippen LogP contribution in [0.4, 0.5) is 0 Å².